The van der Waals surface area contributed by atoms with Crippen molar-refractivity contribution in [3.63, 3.8) is 0 Å². The minimum absolute atomic E-state index is 0.116. The first kappa shape index (κ1) is 17.1. The summed E-state index contributed by atoms with van der Waals surface area (Å²) in [6.07, 6.45) is 1.52. The van der Waals surface area contributed by atoms with E-state index in [4.69, 9.17) is 11.6 Å². The lowest BCUT2D eigenvalue weighted by Crippen LogP contribution is -2.27. The second kappa shape index (κ2) is 7.46. The van der Waals surface area contributed by atoms with Crippen LogP contribution in [0.4, 0.5) is 17.2 Å². The van der Waals surface area contributed by atoms with Gasteiger partial charge in [0, 0.05) is 11.1 Å². The molecule has 25 heavy (non-hydrogen) atoms. The van der Waals surface area contributed by atoms with Gasteiger partial charge in [-0.1, -0.05) is 23.7 Å². The largest absolute Gasteiger partial charge is 0.340 e. The molecule has 0 saturated heterocycles. The van der Waals surface area contributed by atoms with E-state index in [0.717, 1.165) is 16.6 Å². The van der Waals surface area contributed by atoms with Gasteiger partial charge in [0.25, 0.3) is 0 Å². The predicted molar refractivity (Wildman–Crippen MR) is 101 cm³/mol. The molecule has 0 aliphatic heterocycles. The summed E-state index contributed by atoms with van der Waals surface area (Å²) in [4.78, 5) is 22.2. The molecule has 3 rings (SSSR count). The van der Waals surface area contributed by atoms with Crippen molar-refractivity contribution in [3.8, 4) is 0 Å². The Morgan fingerprint density at radius 2 is 1.96 bits per heavy atom. The number of aromatic nitrogens is 2. The molecule has 128 valence electrons. The van der Waals surface area contributed by atoms with Crippen LogP contribution >= 0.6 is 11.6 Å². The number of carbonyl (C=O) groups excluding carboxylic acids is 1. The molecule has 0 aliphatic carbocycles. The number of para-hydroxylation sites is 1. The Morgan fingerprint density at radius 3 is 2.72 bits per heavy atom. The van der Waals surface area contributed by atoms with E-state index >= 15 is 0 Å². The molecular weight excluding hydrogens is 338 g/mol. The SMILES string of the molecule is CN(C)CC(=O)Nc1ccc(Nc2ncnc3ccccc23)cc1Cl. The summed E-state index contributed by atoms with van der Waals surface area (Å²) >= 11 is 6.29. The highest BCUT2D eigenvalue weighted by molar-refractivity contribution is 6.34. The van der Waals surface area contributed by atoms with Crippen LogP contribution in [0.3, 0.4) is 0 Å². The van der Waals surface area contributed by atoms with Crippen molar-refractivity contribution < 1.29 is 4.79 Å². The number of nitrogens with one attached hydrogen (secondary N) is 2. The molecule has 1 amide bonds. The van der Waals surface area contributed by atoms with Crippen LogP contribution in [0.2, 0.25) is 5.02 Å². The fraction of sp³-hybridized carbons (Fsp3) is 0.167. The monoisotopic (exact) mass is 355 g/mol. The molecule has 0 saturated carbocycles. The number of likely N-dealkylation sites (N-methyl/N-ethyl adjacent to an activating group) is 1. The fourth-order valence-electron chi connectivity index (χ4n) is 2.41. The van der Waals surface area contributed by atoms with Crippen molar-refractivity contribution in [2.45, 2.75) is 0 Å². The molecule has 3 aromatic rings. The first-order chi connectivity index (χ1) is 12.0. The third-order valence-electron chi connectivity index (χ3n) is 3.51. The highest BCUT2D eigenvalue weighted by Crippen LogP contribution is 2.28. The number of carbonyl (C=O) groups is 1. The van der Waals surface area contributed by atoms with Crippen molar-refractivity contribution >= 4 is 45.6 Å². The van der Waals surface area contributed by atoms with E-state index in [9.17, 15) is 4.79 Å². The van der Waals surface area contributed by atoms with Gasteiger partial charge in [0.2, 0.25) is 5.91 Å². The van der Waals surface area contributed by atoms with Crippen LogP contribution in [0, 0.1) is 0 Å². The lowest BCUT2D eigenvalue weighted by molar-refractivity contribution is -0.116. The summed E-state index contributed by atoms with van der Waals surface area (Å²) in [6, 6.07) is 13.1. The van der Waals surface area contributed by atoms with Gasteiger partial charge in [-0.15, -0.1) is 0 Å². The highest BCUT2D eigenvalue weighted by Gasteiger charge is 2.09. The summed E-state index contributed by atoms with van der Waals surface area (Å²) in [5.41, 5.74) is 2.21. The Bertz CT molecular complexity index is 908. The molecule has 0 radical (unpaired) electrons. The van der Waals surface area contributed by atoms with Gasteiger partial charge >= 0.3 is 0 Å². The number of rotatable bonds is 5. The highest BCUT2D eigenvalue weighted by atomic mass is 35.5. The van der Waals surface area contributed by atoms with E-state index in [1.807, 2.05) is 44.4 Å². The van der Waals surface area contributed by atoms with Crippen molar-refractivity contribution in [2.75, 3.05) is 31.3 Å². The third-order valence-corrected chi connectivity index (χ3v) is 3.82. The number of benzene rings is 2. The average molecular weight is 356 g/mol. The lowest BCUT2D eigenvalue weighted by atomic mass is 10.2. The number of hydrogen-bond acceptors (Lipinski definition) is 5. The van der Waals surface area contributed by atoms with Crippen LogP contribution in [-0.4, -0.2) is 41.4 Å². The topological polar surface area (TPSA) is 70.2 Å². The summed E-state index contributed by atoms with van der Waals surface area (Å²) in [5, 5.41) is 7.42. The van der Waals surface area contributed by atoms with Gasteiger partial charge in [-0.25, -0.2) is 9.97 Å². The maximum atomic E-state index is 11.9. The normalized spacial score (nSPS) is 10.9. The Kier molecular flexibility index (Phi) is 5.11. The molecule has 0 spiro atoms. The number of amides is 1. The fourth-order valence-corrected chi connectivity index (χ4v) is 2.64. The van der Waals surface area contributed by atoms with Crippen LogP contribution in [0.25, 0.3) is 10.9 Å². The molecule has 6 nitrogen and oxygen atoms in total. The molecule has 1 aromatic heterocycles. The van der Waals surface area contributed by atoms with E-state index in [2.05, 4.69) is 20.6 Å². The number of halogens is 1. The number of nitrogens with zero attached hydrogens (tertiary/aromatic N) is 3. The quantitative estimate of drug-likeness (QED) is 0.732. The third kappa shape index (κ3) is 4.23. The molecule has 7 heteroatoms. The first-order valence-electron chi connectivity index (χ1n) is 7.74. The van der Waals surface area contributed by atoms with Crippen molar-refractivity contribution in [2.24, 2.45) is 0 Å². The Labute approximate surface area is 150 Å². The van der Waals surface area contributed by atoms with Crippen LogP contribution in [0.1, 0.15) is 0 Å². The Morgan fingerprint density at radius 1 is 1.16 bits per heavy atom. The zero-order chi connectivity index (χ0) is 17.8. The van der Waals surface area contributed by atoms with Gasteiger partial charge in [-0.2, -0.15) is 0 Å². The molecule has 2 N–H and O–H groups in total. The van der Waals surface area contributed by atoms with Gasteiger partial charge in [0.15, 0.2) is 0 Å². The smallest absolute Gasteiger partial charge is 0.238 e. The number of hydrogen-bond donors (Lipinski definition) is 2. The minimum atomic E-state index is -0.116. The molecule has 0 aliphatic rings. The van der Waals surface area contributed by atoms with Crippen LogP contribution in [0.5, 0.6) is 0 Å². The predicted octanol–water partition coefficient (Wildman–Crippen LogP) is 3.53. The molecule has 0 unspecified atom stereocenters. The lowest BCUT2D eigenvalue weighted by Gasteiger charge is -2.13. The zero-order valence-electron chi connectivity index (χ0n) is 14.0. The number of anilines is 3. The van der Waals surface area contributed by atoms with Crippen LogP contribution in [0.15, 0.2) is 48.8 Å². The molecule has 0 bridgehead atoms. The standard InChI is InChI=1S/C18H18ClN5O/c1-24(2)10-17(25)23-16-8-7-12(9-14(16)19)22-18-13-5-3-4-6-15(13)20-11-21-18/h3-9,11H,10H2,1-2H3,(H,23,25)(H,20,21,22). The summed E-state index contributed by atoms with van der Waals surface area (Å²) in [6.45, 7) is 0.295. The van der Waals surface area contributed by atoms with Gasteiger partial charge in [-0.05, 0) is 44.4 Å². The second-order valence-electron chi connectivity index (χ2n) is 5.85. The van der Waals surface area contributed by atoms with Gasteiger partial charge in [-0.3, -0.25) is 4.79 Å². The van der Waals surface area contributed by atoms with E-state index in [0.29, 0.717) is 23.1 Å². The first-order valence-corrected chi connectivity index (χ1v) is 8.11. The van der Waals surface area contributed by atoms with Gasteiger partial charge < -0.3 is 15.5 Å². The Hall–Kier alpha value is -2.70. The van der Waals surface area contributed by atoms with Crippen molar-refractivity contribution in [3.05, 3.63) is 53.8 Å². The van der Waals surface area contributed by atoms with E-state index in [1.165, 1.54) is 6.33 Å². The van der Waals surface area contributed by atoms with E-state index in [-0.39, 0.29) is 5.91 Å². The second-order valence-corrected chi connectivity index (χ2v) is 6.25. The summed E-state index contributed by atoms with van der Waals surface area (Å²) in [5.74, 6) is 0.584. The molecule has 0 fully saturated rings. The van der Waals surface area contributed by atoms with E-state index in [1.54, 1.807) is 17.0 Å². The minimum Gasteiger partial charge on any atom is -0.340 e. The van der Waals surface area contributed by atoms with Gasteiger partial charge in [0.1, 0.15) is 12.1 Å². The summed E-state index contributed by atoms with van der Waals surface area (Å²) < 4.78 is 0. The van der Waals surface area contributed by atoms with Crippen molar-refractivity contribution in [1.29, 1.82) is 0 Å². The van der Waals surface area contributed by atoms with Crippen molar-refractivity contribution in [1.82, 2.24) is 14.9 Å². The molecule has 1 heterocycles. The Balaban J connectivity index is 1.80. The maximum Gasteiger partial charge on any atom is 0.238 e. The summed E-state index contributed by atoms with van der Waals surface area (Å²) in [7, 11) is 3.67. The van der Waals surface area contributed by atoms with Crippen LogP contribution < -0.4 is 10.6 Å². The number of fused-ring (bicyclic) bond motifs is 1. The molecular formula is C18H18ClN5O. The van der Waals surface area contributed by atoms with Gasteiger partial charge in [0.05, 0.1) is 22.8 Å². The maximum absolute atomic E-state index is 11.9. The van der Waals surface area contributed by atoms with E-state index < -0.39 is 0 Å². The molecule has 2 aromatic carbocycles. The average Bonchev–Trinajstić information content (AvgIpc) is 2.57. The molecule has 0 atom stereocenters. The zero-order valence-corrected chi connectivity index (χ0v) is 14.7. The van der Waals surface area contributed by atoms with Crippen LogP contribution in [-0.2, 0) is 4.79 Å².